The number of carbonyl (C=O) groups excluding carboxylic acids is 1. The zero-order valence-electron chi connectivity index (χ0n) is 17.1. The van der Waals surface area contributed by atoms with Gasteiger partial charge >= 0.3 is 12.1 Å². The summed E-state index contributed by atoms with van der Waals surface area (Å²) in [6.45, 7) is 0.0570. The largest absolute Gasteiger partial charge is 0.481 e. The summed E-state index contributed by atoms with van der Waals surface area (Å²) in [6.07, 6.45) is -0.569. The number of carbonyl (C=O) groups is 2. The third kappa shape index (κ3) is 4.59. The van der Waals surface area contributed by atoms with Crippen LogP contribution in [0.3, 0.4) is 0 Å². The van der Waals surface area contributed by atoms with Gasteiger partial charge in [0.15, 0.2) is 0 Å². The van der Waals surface area contributed by atoms with Gasteiger partial charge < -0.3 is 15.2 Å². The van der Waals surface area contributed by atoms with Crippen LogP contribution in [0, 0.1) is 5.92 Å². The predicted molar refractivity (Wildman–Crippen MR) is 124 cm³/mol. The van der Waals surface area contributed by atoms with E-state index < -0.39 is 18.0 Å². The molecule has 1 aliphatic rings. The molecule has 0 aliphatic heterocycles. The van der Waals surface area contributed by atoms with Crippen molar-refractivity contribution in [1.29, 1.82) is 0 Å². The summed E-state index contributed by atoms with van der Waals surface area (Å²) in [4.78, 5) is 24.1. The Morgan fingerprint density at radius 3 is 2.03 bits per heavy atom. The third-order valence-corrected chi connectivity index (χ3v) is 6.41. The molecule has 2 N–H and O–H groups in total. The minimum atomic E-state index is -1.06. The Morgan fingerprint density at radius 1 is 0.906 bits per heavy atom. The lowest BCUT2D eigenvalue weighted by molar-refractivity contribution is -0.141. The first-order chi connectivity index (χ1) is 15.5. The molecular weight excluding hydrogens is 449 g/mol. The molecule has 5 nitrogen and oxygen atoms in total. The van der Waals surface area contributed by atoms with Gasteiger partial charge in [0.2, 0.25) is 0 Å². The summed E-state index contributed by atoms with van der Waals surface area (Å²) in [7, 11) is 0. The Morgan fingerprint density at radius 2 is 1.47 bits per heavy atom. The van der Waals surface area contributed by atoms with Crippen LogP contribution in [0.1, 0.15) is 22.6 Å². The van der Waals surface area contributed by atoms with Crippen molar-refractivity contribution in [2.24, 2.45) is 5.92 Å². The number of fused-ring (bicyclic) bond motifs is 3. The van der Waals surface area contributed by atoms with E-state index in [1.165, 1.54) is 0 Å². The lowest BCUT2D eigenvalue weighted by Gasteiger charge is -2.17. The summed E-state index contributed by atoms with van der Waals surface area (Å²) >= 11 is 12.3. The van der Waals surface area contributed by atoms with Gasteiger partial charge in [-0.1, -0.05) is 77.8 Å². The molecule has 0 heterocycles. The van der Waals surface area contributed by atoms with Gasteiger partial charge in [0.1, 0.15) is 6.61 Å². The number of alkyl carbamates (subject to hydrolysis) is 1. The van der Waals surface area contributed by atoms with Crippen molar-refractivity contribution in [3.05, 3.63) is 93.5 Å². The van der Waals surface area contributed by atoms with Gasteiger partial charge in [-0.15, -0.1) is 0 Å². The first-order valence-corrected chi connectivity index (χ1v) is 11.0. The van der Waals surface area contributed by atoms with Crippen molar-refractivity contribution >= 4 is 35.3 Å². The lowest BCUT2D eigenvalue weighted by Crippen LogP contribution is -2.35. The maximum atomic E-state index is 12.4. The minimum absolute atomic E-state index is 0.0645. The number of hydrogen-bond acceptors (Lipinski definition) is 3. The van der Waals surface area contributed by atoms with Crippen LogP contribution in [-0.2, 0) is 16.0 Å². The Balaban J connectivity index is 1.38. The van der Waals surface area contributed by atoms with Gasteiger partial charge in [-0.25, -0.2) is 4.79 Å². The van der Waals surface area contributed by atoms with E-state index in [1.54, 1.807) is 18.2 Å². The van der Waals surface area contributed by atoms with E-state index in [2.05, 4.69) is 17.4 Å². The molecule has 32 heavy (non-hydrogen) atoms. The maximum absolute atomic E-state index is 12.4. The van der Waals surface area contributed by atoms with Crippen LogP contribution in [-0.4, -0.2) is 30.3 Å². The van der Waals surface area contributed by atoms with E-state index in [0.717, 1.165) is 22.3 Å². The van der Waals surface area contributed by atoms with Crippen LogP contribution in [0.4, 0.5) is 4.79 Å². The van der Waals surface area contributed by atoms with E-state index in [1.807, 2.05) is 36.4 Å². The zero-order valence-corrected chi connectivity index (χ0v) is 18.6. The molecule has 1 amide bonds. The Labute approximate surface area is 195 Å². The highest BCUT2D eigenvalue weighted by atomic mass is 35.5. The fourth-order valence-electron chi connectivity index (χ4n) is 4.08. The quantitative estimate of drug-likeness (QED) is 0.460. The standard InChI is InChI=1S/C25H21Cl2NO4/c26-22-10-5-11-23(27)20(22)12-15(24(29)30)13-28-25(31)32-14-21-18-8-3-1-6-16(18)17-7-2-4-9-19(17)21/h1-11,15,21H,12-14H2,(H,28,31)(H,29,30)/t15-/m1/s1. The molecule has 7 heteroatoms. The highest BCUT2D eigenvalue weighted by Gasteiger charge is 2.29. The SMILES string of the molecule is O=C(NC[C@@H](Cc1c(Cl)cccc1Cl)C(=O)O)OCC1c2ccccc2-c2ccccc21. The van der Waals surface area contributed by atoms with E-state index in [0.29, 0.717) is 15.6 Å². The minimum Gasteiger partial charge on any atom is -0.481 e. The molecule has 0 bridgehead atoms. The summed E-state index contributed by atoms with van der Waals surface area (Å²) in [5.74, 6) is -2.02. The molecule has 0 saturated carbocycles. The number of aliphatic carboxylic acids is 1. The molecule has 3 aromatic carbocycles. The number of halogens is 2. The summed E-state index contributed by atoms with van der Waals surface area (Å²) < 4.78 is 5.47. The molecule has 4 rings (SSSR count). The van der Waals surface area contributed by atoms with E-state index in [4.69, 9.17) is 27.9 Å². The molecule has 0 radical (unpaired) electrons. The zero-order chi connectivity index (χ0) is 22.7. The van der Waals surface area contributed by atoms with E-state index in [-0.39, 0.29) is 25.5 Å². The number of hydrogen-bond donors (Lipinski definition) is 2. The second-order valence-electron chi connectivity index (χ2n) is 7.65. The number of nitrogens with one attached hydrogen (secondary N) is 1. The fraction of sp³-hybridized carbons (Fsp3) is 0.200. The van der Waals surface area contributed by atoms with E-state index >= 15 is 0 Å². The van der Waals surface area contributed by atoms with Crippen molar-refractivity contribution in [3.63, 3.8) is 0 Å². The number of ether oxygens (including phenoxy) is 1. The van der Waals surface area contributed by atoms with Crippen molar-refractivity contribution in [3.8, 4) is 11.1 Å². The number of carboxylic acids is 1. The number of amides is 1. The van der Waals surface area contributed by atoms with Gasteiger partial charge in [-0.3, -0.25) is 4.79 Å². The Hall–Kier alpha value is -3.02. The summed E-state index contributed by atoms with van der Waals surface area (Å²) in [5.41, 5.74) is 5.04. The number of carboxylic acid groups (broad SMARTS) is 1. The van der Waals surface area contributed by atoms with Crippen LogP contribution in [0.25, 0.3) is 11.1 Å². The first-order valence-electron chi connectivity index (χ1n) is 10.2. The van der Waals surface area contributed by atoms with Crippen molar-refractivity contribution in [2.75, 3.05) is 13.2 Å². The van der Waals surface area contributed by atoms with Crippen molar-refractivity contribution in [2.45, 2.75) is 12.3 Å². The second kappa shape index (κ2) is 9.63. The van der Waals surface area contributed by atoms with Gasteiger partial charge in [-0.05, 0) is 46.4 Å². The topological polar surface area (TPSA) is 75.6 Å². The van der Waals surface area contributed by atoms with Crippen molar-refractivity contribution in [1.82, 2.24) is 5.32 Å². The lowest BCUT2D eigenvalue weighted by atomic mass is 9.98. The molecule has 0 fully saturated rings. The van der Waals surface area contributed by atoms with Crippen LogP contribution >= 0.6 is 23.2 Å². The van der Waals surface area contributed by atoms with Crippen LogP contribution in [0.15, 0.2) is 66.7 Å². The van der Waals surface area contributed by atoms with Gasteiger partial charge in [0.05, 0.1) is 5.92 Å². The molecule has 3 aromatic rings. The van der Waals surface area contributed by atoms with Crippen molar-refractivity contribution < 1.29 is 19.4 Å². The fourth-order valence-corrected chi connectivity index (χ4v) is 4.63. The smallest absolute Gasteiger partial charge is 0.407 e. The molecule has 0 spiro atoms. The van der Waals surface area contributed by atoms with Gasteiger partial charge in [0, 0.05) is 22.5 Å². The monoisotopic (exact) mass is 469 g/mol. The van der Waals surface area contributed by atoms with Crippen LogP contribution in [0.5, 0.6) is 0 Å². The maximum Gasteiger partial charge on any atom is 0.407 e. The normalized spacial score (nSPS) is 13.2. The third-order valence-electron chi connectivity index (χ3n) is 5.70. The Kier molecular flexibility index (Phi) is 6.68. The molecule has 1 atom stereocenters. The molecule has 1 aliphatic carbocycles. The summed E-state index contributed by atoms with van der Waals surface area (Å²) in [6, 6.07) is 21.1. The molecule has 0 aromatic heterocycles. The Bertz CT molecular complexity index is 1100. The molecule has 164 valence electrons. The van der Waals surface area contributed by atoms with Gasteiger partial charge in [-0.2, -0.15) is 0 Å². The number of benzene rings is 3. The predicted octanol–water partition coefficient (Wildman–Crippen LogP) is 5.78. The van der Waals surface area contributed by atoms with E-state index in [9.17, 15) is 14.7 Å². The summed E-state index contributed by atoms with van der Waals surface area (Å²) in [5, 5.41) is 12.9. The first kappa shape index (κ1) is 22.2. The molecule has 0 unspecified atom stereocenters. The van der Waals surface area contributed by atoms with Crippen LogP contribution in [0.2, 0.25) is 10.0 Å². The highest BCUT2D eigenvalue weighted by molar-refractivity contribution is 6.36. The number of rotatable bonds is 7. The molecular formula is C25H21Cl2NO4. The molecule has 0 saturated heterocycles. The van der Waals surface area contributed by atoms with Gasteiger partial charge in [0.25, 0.3) is 0 Å². The van der Waals surface area contributed by atoms with Crippen LogP contribution < -0.4 is 5.32 Å². The second-order valence-corrected chi connectivity index (χ2v) is 8.46. The average molecular weight is 470 g/mol. The highest BCUT2D eigenvalue weighted by Crippen LogP contribution is 2.44. The average Bonchev–Trinajstić information content (AvgIpc) is 3.10.